The largest absolute Gasteiger partial charge is 0.339 e. The standard InChI is InChI=1S/C22H28F2O5/c1-11-8-13-14-10-16(23)15-9-12(25)4-5-20(15,3)21(14,24)7-6-19(13,2)17(11)18(26)22(27,28)29/h4-5,9,11,13-14,16-17,27-29H,6-8,10H2,1-3H3/t11?,13-,14-,16?,17+,19-,20-,21+/m0/s1. The lowest BCUT2D eigenvalue weighted by atomic mass is 9.45. The highest BCUT2D eigenvalue weighted by Gasteiger charge is 2.70. The van der Waals surface area contributed by atoms with E-state index < -0.39 is 46.3 Å². The molecule has 0 heterocycles. The van der Waals surface area contributed by atoms with E-state index >= 15 is 8.78 Å². The number of carbonyl (C=O) groups excluding carboxylic acids is 2. The second-order valence-electron chi connectivity index (χ2n) is 10.0. The van der Waals surface area contributed by atoms with Gasteiger partial charge in [-0.1, -0.05) is 19.9 Å². The summed E-state index contributed by atoms with van der Waals surface area (Å²) >= 11 is 0. The highest BCUT2D eigenvalue weighted by Crippen LogP contribution is 2.70. The van der Waals surface area contributed by atoms with Crippen LogP contribution in [0.15, 0.2) is 23.8 Å². The minimum absolute atomic E-state index is 0.0650. The summed E-state index contributed by atoms with van der Waals surface area (Å²) in [6.45, 7) is 5.24. The first-order valence-corrected chi connectivity index (χ1v) is 10.3. The van der Waals surface area contributed by atoms with Crippen molar-refractivity contribution in [2.24, 2.45) is 34.5 Å². The molecule has 0 aromatic carbocycles. The summed E-state index contributed by atoms with van der Waals surface area (Å²) in [6.07, 6.45) is 3.28. The van der Waals surface area contributed by atoms with Crippen LogP contribution in [0, 0.1) is 34.5 Å². The number of alkyl halides is 2. The number of rotatable bonds is 2. The highest BCUT2D eigenvalue weighted by molar-refractivity contribution is 6.01. The number of hydrogen-bond donors (Lipinski definition) is 3. The average molecular weight is 410 g/mol. The van der Waals surface area contributed by atoms with E-state index in [1.165, 1.54) is 18.2 Å². The van der Waals surface area contributed by atoms with E-state index in [9.17, 15) is 24.9 Å². The number of allylic oxidation sites excluding steroid dienone is 4. The molecule has 0 spiro atoms. The summed E-state index contributed by atoms with van der Waals surface area (Å²) in [5.74, 6) is -7.06. The normalized spacial score (nSPS) is 49.2. The fourth-order valence-corrected chi connectivity index (χ4v) is 7.21. The Labute approximate surface area is 168 Å². The quantitative estimate of drug-likeness (QED) is 0.608. The van der Waals surface area contributed by atoms with Gasteiger partial charge in [-0.05, 0) is 67.6 Å². The first kappa shape index (κ1) is 20.8. The molecule has 0 radical (unpaired) electrons. The van der Waals surface area contributed by atoms with Crippen LogP contribution in [0.1, 0.15) is 46.5 Å². The summed E-state index contributed by atoms with van der Waals surface area (Å²) in [5, 5.41) is 28.5. The lowest BCUT2D eigenvalue weighted by molar-refractivity contribution is -0.292. The second-order valence-corrected chi connectivity index (χ2v) is 10.0. The third kappa shape index (κ3) is 2.60. The maximum Gasteiger partial charge on any atom is 0.339 e. The van der Waals surface area contributed by atoms with Gasteiger partial charge in [-0.2, -0.15) is 0 Å². The fraction of sp³-hybridized carbons (Fsp3) is 0.727. The molecule has 7 heteroatoms. The van der Waals surface area contributed by atoms with E-state index in [1.807, 2.05) is 6.92 Å². The number of carbonyl (C=O) groups is 2. The van der Waals surface area contributed by atoms with Gasteiger partial charge >= 0.3 is 5.97 Å². The van der Waals surface area contributed by atoms with E-state index in [1.54, 1.807) is 13.8 Å². The summed E-state index contributed by atoms with van der Waals surface area (Å²) in [7, 11) is 0. The van der Waals surface area contributed by atoms with Gasteiger partial charge in [0.15, 0.2) is 5.78 Å². The van der Waals surface area contributed by atoms with Crippen LogP contribution in [-0.4, -0.2) is 44.7 Å². The van der Waals surface area contributed by atoms with E-state index in [-0.39, 0.29) is 36.0 Å². The van der Waals surface area contributed by atoms with Gasteiger partial charge in [-0.15, -0.1) is 0 Å². The lowest BCUT2D eigenvalue weighted by Crippen LogP contribution is -2.62. The third-order valence-corrected chi connectivity index (χ3v) is 8.61. The molecule has 2 unspecified atom stereocenters. The van der Waals surface area contributed by atoms with Gasteiger partial charge in [0, 0.05) is 17.3 Å². The number of hydrogen-bond acceptors (Lipinski definition) is 5. The number of halogens is 2. The molecule has 3 fully saturated rings. The number of aliphatic hydroxyl groups is 3. The summed E-state index contributed by atoms with van der Waals surface area (Å²) < 4.78 is 31.9. The summed E-state index contributed by atoms with van der Waals surface area (Å²) in [6, 6.07) is 0. The van der Waals surface area contributed by atoms with E-state index in [0.717, 1.165) is 0 Å². The molecular weight excluding hydrogens is 382 g/mol. The first-order chi connectivity index (χ1) is 13.3. The predicted molar refractivity (Wildman–Crippen MR) is 99.7 cm³/mol. The zero-order chi connectivity index (χ0) is 21.6. The second kappa shape index (κ2) is 6.05. The van der Waals surface area contributed by atoms with Crippen LogP contribution in [0.5, 0.6) is 0 Å². The SMILES string of the molecule is CC1C[C@H]2[C@@H]3CC(F)C4=CC(=O)C=C[C@]4(C)[C@@]3(F)CC[C@]2(C)[C@H]1C(=O)C(O)(O)O. The van der Waals surface area contributed by atoms with Crippen LogP contribution in [0.4, 0.5) is 8.78 Å². The Balaban J connectivity index is 1.77. The van der Waals surface area contributed by atoms with Gasteiger partial charge in [-0.3, -0.25) is 9.59 Å². The van der Waals surface area contributed by atoms with Crippen molar-refractivity contribution in [1.29, 1.82) is 0 Å². The minimum Gasteiger partial charge on any atom is -0.337 e. The monoisotopic (exact) mass is 410 g/mol. The molecule has 0 bridgehead atoms. The molecule has 0 aromatic heterocycles. The summed E-state index contributed by atoms with van der Waals surface area (Å²) in [4.78, 5) is 24.4. The highest BCUT2D eigenvalue weighted by atomic mass is 19.1. The Kier molecular flexibility index (Phi) is 4.34. The van der Waals surface area contributed by atoms with Crippen LogP contribution >= 0.6 is 0 Å². The van der Waals surface area contributed by atoms with Crippen molar-refractivity contribution in [3.05, 3.63) is 23.8 Å². The topological polar surface area (TPSA) is 94.8 Å². The summed E-state index contributed by atoms with van der Waals surface area (Å²) in [5.41, 5.74) is -3.59. The van der Waals surface area contributed by atoms with Crippen molar-refractivity contribution in [3.63, 3.8) is 0 Å². The zero-order valence-corrected chi connectivity index (χ0v) is 16.9. The molecule has 0 saturated heterocycles. The van der Waals surface area contributed by atoms with E-state index in [2.05, 4.69) is 0 Å². The predicted octanol–water partition coefficient (Wildman–Crippen LogP) is 2.40. The van der Waals surface area contributed by atoms with E-state index in [0.29, 0.717) is 12.8 Å². The van der Waals surface area contributed by atoms with Gasteiger partial charge in [0.1, 0.15) is 11.8 Å². The fourth-order valence-electron chi connectivity index (χ4n) is 7.21. The molecule has 0 amide bonds. The van der Waals surface area contributed by atoms with Crippen molar-refractivity contribution >= 4 is 11.6 Å². The molecule has 3 saturated carbocycles. The van der Waals surface area contributed by atoms with E-state index in [4.69, 9.17) is 0 Å². The van der Waals surface area contributed by atoms with Gasteiger partial charge in [0.05, 0.1) is 0 Å². The zero-order valence-electron chi connectivity index (χ0n) is 16.9. The van der Waals surface area contributed by atoms with Crippen molar-refractivity contribution in [1.82, 2.24) is 0 Å². The molecule has 4 aliphatic carbocycles. The molecular formula is C22H28F2O5. The Hall–Kier alpha value is -1.44. The van der Waals surface area contributed by atoms with Gasteiger partial charge < -0.3 is 15.3 Å². The van der Waals surface area contributed by atoms with Crippen molar-refractivity contribution < 1.29 is 33.7 Å². The van der Waals surface area contributed by atoms with Crippen LogP contribution in [0.2, 0.25) is 0 Å². The Bertz CT molecular complexity index is 830. The molecule has 3 N–H and O–H groups in total. The Morgan fingerprint density at radius 2 is 1.83 bits per heavy atom. The molecule has 5 nitrogen and oxygen atoms in total. The van der Waals surface area contributed by atoms with Crippen LogP contribution < -0.4 is 0 Å². The van der Waals surface area contributed by atoms with Crippen molar-refractivity contribution in [2.45, 2.75) is 64.3 Å². The molecule has 4 aliphatic rings. The van der Waals surface area contributed by atoms with Crippen LogP contribution in [0.25, 0.3) is 0 Å². The Morgan fingerprint density at radius 3 is 2.45 bits per heavy atom. The third-order valence-electron chi connectivity index (χ3n) is 8.61. The molecule has 8 atom stereocenters. The first-order valence-electron chi connectivity index (χ1n) is 10.3. The molecule has 160 valence electrons. The van der Waals surface area contributed by atoms with Gasteiger partial charge in [-0.25, -0.2) is 8.78 Å². The maximum atomic E-state index is 16.7. The van der Waals surface area contributed by atoms with Crippen LogP contribution in [0.3, 0.4) is 0 Å². The number of ketones is 2. The molecule has 4 rings (SSSR count). The lowest BCUT2D eigenvalue weighted by Gasteiger charge is -2.60. The van der Waals surface area contributed by atoms with Gasteiger partial charge in [0.25, 0.3) is 0 Å². The maximum absolute atomic E-state index is 16.7. The molecule has 29 heavy (non-hydrogen) atoms. The van der Waals surface area contributed by atoms with Crippen LogP contribution in [-0.2, 0) is 9.59 Å². The number of Topliss-reactive ketones (excluding diaryl/α,β-unsaturated/α-hetero) is 1. The van der Waals surface area contributed by atoms with Crippen molar-refractivity contribution in [3.8, 4) is 0 Å². The average Bonchev–Trinajstić information content (AvgIpc) is 2.88. The van der Waals surface area contributed by atoms with Crippen molar-refractivity contribution in [2.75, 3.05) is 0 Å². The van der Waals surface area contributed by atoms with Gasteiger partial charge in [0.2, 0.25) is 5.78 Å². The smallest absolute Gasteiger partial charge is 0.337 e. The Morgan fingerprint density at radius 1 is 1.17 bits per heavy atom. The molecule has 0 aliphatic heterocycles. The number of fused-ring (bicyclic) bond motifs is 5. The minimum atomic E-state index is -3.44. The molecule has 0 aromatic rings.